The number of hydrogen-bond acceptors (Lipinski definition) is 3. The van der Waals surface area contributed by atoms with E-state index in [0.717, 1.165) is 27.7 Å². The van der Waals surface area contributed by atoms with Crippen molar-refractivity contribution < 1.29 is 18.0 Å². The zero-order valence-electron chi connectivity index (χ0n) is 10.8. The van der Waals surface area contributed by atoms with Gasteiger partial charge in [0.1, 0.15) is 5.69 Å². The molecule has 0 unspecified atom stereocenters. The first-order chi connectivity index (χ1) is 9.77. The average molecular weight is 379 g/mol. The standard InChI is InChI=1S/C13H10BrF3N2OS/c1-19(6-8-4-11(14)21-7-8)12(20)9-2-3-10(18-5-9)13(15,16)17/h2-5,7H,6H2,1H3. The lowest BCUT2D eigenvalue weighted by atomic mass is 10.2. The van der Waals surface area contributed by atoms with Crippen LogP contribution in [0.2, 0.25) is 0 Å². The Kier molecular flexibility index (Phi) is 4.67. The van der Waals surface area contributed by atoms with Crippen molar-refractivity contribution in [2.24, 2.45) is 0 Å². The second-order valence-electron chi connectivity index (χ2n) is 4.35. The van der Waals surface area contributed by atoms with Gasteiger partial charge < -0.3 is 4.90 Å². The lowest BCUT2D eigenvalue weighted by Crippen LogP contribution is -2.26. The number of carbonyl (C=O) groups is 1. The molecule has 0 saturated carbocycles. The van der Waals surface area contributed by atoms with Crippen molar-refractivity contribution in [3.05, 3.63) is 50.4 Å². The van der Waals surface area contributed by atoms with Gasteiger partial charge in [0.05, 0.1) is 9.35 Å². The van der Waals surface area contributed by atoms with Crippen LogP contribution in [0.4, 0.5) is 13.2 Å². The van der Waals surface area contributed by atoms with E-state index in [1.165, 1.54) is 16.2 Å². The van der Waals surface area contributed by atoms with Crippen LogP contribution in [0.1, 0.15) is 21.6 Å². The van der Waals surface area contributed by atoms with E-state index < -0.39 is 11.9 Å². The molecule has 0 spiro atoms. The van der Waals surface area contributed by atoms with Crippen molar-refractivity contribution in [2.45, 2.75) is 12.7 Å². The largest absolute Gasteiger partial charge is 0.433 e. The Bertz CT molecular complexity index is 640. The minimum absolute atomic E-state index is 0.125. The van der Waals surface area contributed by atoms with E-state index in [9.17, 15) is 18.0 Å². The topological polar surface area (TPSA) is 33.2 Å². The molecule has 2 heterocycles. The summed E-state index contributed by atoms with van der Waals surface area (Å²) in [6.45, 7) is 0.377. The molecule has 8 heteroatoms. The molecule has 112 valence electrons. The number of rotatable bonds is 3. The Hall–Kier alpha value is -1.41. The number of alkyl halides is 3. The van der Waals surface area contributed by atoms with Crippen LogP contribution in [0, 0.1) is 0 Å². The maximum atomic E-state index is 12.4. The molecule has 0 aliphatic carbocycles. The lowest BCUT2D eigenvalue weighted by molar-refractivity contribution is -0.141. The molecule has 2 aromatic rings. The lowest BCUT2D eigenvalue weighted by Gasteiger charge is -2.16. The van der Waals surface area contributed by atoms with E-state index in [1.807, 2.05) is 11.4 Å². The first-order valence-electron chi connectivity index (χ1n) is 5.79. The van der Waals surface area contributed by atoms with Gasteiger partial charge in [0.2, 0.25) is 0 Å². The summed E-state index contributed by atoms with van der Waals surface area (Å²) >= 11 is 4.83. The normalized spacial score (nSPS) is 11.5. The van der Waals surface area contributed by atoms with Gasteiger partial charge in [-0.1, -0.05) is 0 Å². The highest BCUT2D eigenvalue weighted by atomic mass is 79.9. The highest BCUT2D eigenvalue weighted by Crippen LogP contribution is 2.27. The molecule has 0 radical (unpaired) electrons. The van der Waals surface area contributed by atoms with E-state index in [0.29, 0.717) is 6.54 Å². The molecule has 0 saturated heterocycles. The molecule has 0 bridgehead atoms. The summed E-state index contributed by atoms with van der Waals surface area (Å²) in [5.41, 5.74) is 0.0610. The van der Waals surface area contributed by atoms with Crippen LogP contribution >= 0.6 is 27.3 Å². The SMILES string of the molecule is CN(Cc1csc(Br)c1)C(=O)c1ccc(C(F)(F)F)nc1. The third kappa shape index (κ3) is 4.04. The second kappa shape index (κ2) is 6.15. The number of thiophene rings is 1. The van der Waals surface area contributed by atoms with Crippen LogP contribution in [0.3, 0.4) is 0 Å². The number of carbonyl (C=O) groups excluding carboxylic acids is 1. The Morgan fingerprint density at radius 1 is 1.43 bits per heavy atom. The van der Waals surface area contributed by atoms with Crippen LogP contribution in [0.25, 0.3) is 0 Å². The Morgan fingerprint density at radius 3 is 2.62 bits per heavy atom. The number of aromatic nitrogens is 1. The van der Waals surface area contributed by atoms with E-state index in [-0.39, 0.29) is 11.5 Å². The van der Waals surface area contributed by atoms with Crippen LogP contribution < -0.4 is 0 Å². The fraction of sp³-hybridized carbons (Fsp3) is 0.231. The summed E-state index contributed by atoms with van der Waals surface area (Å²) in [6.07, 6.45) is -3.55. The Labute approximate surface area is 131 Å². The number of pyridine rings is 1. The van der Waals surface area contributed by atoms with Crippen molar-refractivity contribution in [3.8, 4) is 0 Å². The van der Waals surface area contributed by atoms with Gasteiger partial charge in [-0.2, -0.15) is 13.2 Å². The zero-order valence-corrected chi connectivity index (χ0v) is 13.2. The minimum Gasteiger partial charge on any atom is -0.337 e. The molecule has 0 N–H and O–H groups in total. The predicted molar refractivity (Wildman–Crippen MR) is 77.1 cm³/mol. The molecular formula is C13H10BrF3N2OS. The van der Waals surface area contributed by atoms with E-state index in [2.05, 4.69) is 20.9 Å². The second-order valence-corrected chi connectivity index (χ2v) is 6.64. The maximum Gasteiger partial charge on any atom is 0.433 e. The quantitative estimate of drug-likeness (QED) is 0.801. The first-order valence-corrected chi connectivity index (χ1v) is 7.46. The van der Waals surface area contributed by atoms with Crippen molar-refractivity contribution in [1.82, 2.24) is 9.88 Å². The van der Waals surface area contributed by atoms with Gasteiger partial charge in [0.15, 0.2) is 0 Å². The summed E-state index contributed by atoms with van der Waals surface area (Å²) < 4.78 is 38.2. The van der Waals surface area contributed by atoms with Crippen molar-refractivity contribution in [1.29, 1.82) is 0 Å². The highest BCUT2D eigenvalue weighted by Gasteiger charge is 2.32. The molecule has 0 aliphatic heterocycles. The summed E-state index contributed by atoms with van der Waals surface area (Å²) in [4.78, 5) is 16.8. The van der Waals surface area contributed by atoms with Crippen LogP contribution in [0.15, 0.2) is 33.6 Å². The van der Waals surface area contributed by atoms with Gasteiger partial charge in [-0.05, 0) is 45.1 Å². The van der Waals surface area contributed by atoms with Crippen molar-refractivity contribution in [3.63, 3.8) is 0 Å². The van der Waals surface area contributed by atoms with Crippen molar-refractivity contribution in [2.75, 3.05) is 7.05 Å². The van der Waals surface area contributed by atoms with Crippen LogP contribution in [0.5, 0.6) is 0 Å². The molecule has 0 aliphatic rings. The summed E-state index contributed by atoms with van der Waals surface area (Å²) in [6, 6.07) is 3.83. The molecule has 1 amide bonds. The van der Waals surface area contributed by atoms with E-state index in [1.54, 1.807) is 7.05 Å². The number of amides is 1. The monoisotopic (exact) mass is 378 g/mol. The maximum absolute atomic E-state index is 12.4. The van der Waals surface area contributed by atoms with Crippen LogP contribution in [-0.4, -0.2) is 22.8 Å². The van der Waals surface area contributed by atoms with Gasteiger partial charge in [-0.25, -0.2) is 0 Å². The first kappa shape index (κ1) is 16.0. The van der Waals surface area contributed by atoms with E-state index >= 15 is 0 Å². The van der Waals surface area contributed by atoms with Gasteiger partial charge >= 0.3 is 6.18 Å². The molecule has 0 atom stereocenters. The highest BCUT2D eigenvalue weighted by molar-refractivity contribution is 9.11. The zero-order chi connectivity index (χ0) is 15.6. The van der Waals surface area contributed by atoms with Crippen molar-refractivity contribution >= 4 is 33.2 Å². The summed E-state index contributed by atoms with van der Waals surface area (Å²) in [5.74, 6) is -0.376. The fourth-order valence-electron chi connectivity index (χ4n) is 1.68. The van der Waals surface area contributed by atoms with Gasteiger partial charge in [0, 0.05) is 19.8 Å². The predicted octanol–water partition coefficient (Wildman–Crippen LogP) is 4.20. The summed E-state index contributed by atoms with van der Waals surface area (Å²) in [7, 11) is 1.59. The average Bonchev–Trinajstić information content (AvgIpc) is 2.82. The molecule has 21 heavy (non-hydrogen) atoms. The Morgan fingerprint density at radius 2 is 2.14 bits per heavy atom. The third-order valence-corrected chi connectivity index (χ3v) is 4.24. The molecular weight excluding hydrogens is 369 g/mol. The fourth-order valence-corrected chi connectivity index (χ4v) is 2.88. The van der Waals surface area contributed by atoms with Crippen LogP contribution in [-0.2, 0) is 12.7 Å². The van der Waals surface area contributed by atoms with Gasteiger partial charge in [-0.3, -0.25) is 9.78 Å². The van der Waals surface area contributed by atoms with Gasteiger partial charge in [-0.15, -0.1) is 11.3 Å². The molecule has 0 aromatic carbocycles. The molecule has 2 aromatic heterocycles. The third-order valence-electron chi connectivity index (χ3n) is 2.69. The number of halogens is 4. The number of hydrogen-bond donors (Lipinski definition) is 0. The Balaban J connectivity index is 2.08. The minimum atomic E-state index is -4.50. The molecule has 2 rings (SSSR count). The molecule has 0 fully saturated rings. The molecule has 3 nitrogen and oxygen atoms in total. The van der Waals surface area contributed by atoms with E-state index in [4.69, 9.17) is 0 Å². The van der Waals surface area contributed by atoms with Gasteiger partial charge in [0.25, 0.3) is 5.91 Å². The summed E-state index contributed by atoms with van der Waals surface area (Å²) in [5, 5.41) is 1.90. The smallest absolute Gasteiger partial charge is 0.337 e. The number of nitrogens with zero attached hydrogens (tertiary/aromatic N) is 2.